The first-order valence-electron chi connectivity index (χ1n) is 5.19. The summed E-state index contributed by atoms with van der Waals surface area (Å²) in [5.74, 6) is 0.0327. The fourth-order valence-electron chi connectivity index (χ4n) is 1.39. The highest BCUT2D eigenvalue weighted by atomic mass is 79.9. The van der Waals surface area contributed by atoms with Crippen molar-refractivity contribution in [2.45, 2.75) is 6.92 Å². The van der Waals surface area contributed by atoms with Gasteiger partial charge in [0, 0.05) is 16.1 Å². The largest absolute Gasteiger partial charge is 0.305 e. The minimum absolute atomic E-state index is 0.273. The summed E-state index contributed by atoms with van der Waals surface area (Å²) in [5, 5.41) is 8.55. The fraction of sp³-hybridized carbons (Fsp3) is 0.0833. The SMILES string of the molecule is Cc1cc(C(=O)Nc2ccc(=O)[nH]n2)ccc1Br. The number of benzene rings is 1. The molecular weight excluding hydrogens is 298 g/mol. The van der Waals surface area contributed by atoms with Gasteiger partial charge in [-0.3, -0.25) is 9.59 Å². The molecule has 2 aromatic rings. The number of carbonyl (C=O) groups excluding carboxylic acids is 1. The number of nitrogens with one attached hydrogen (secondary N) is 2. The van der Waals surface area contributed by atoms with Crippen molar-refractivity contribution in [3.63, 3.8) is 0 Å². The van der Waals surface area contributed by atoms with E-state index in [-0.39, 0.29) is 11.5 Å². The Bertz CT molecular complexity index is 632. The van der Waals surface area contributed by atoms with Crippen molar-refractivity contribution in [1.82, 2.24) is 10.2 Å². The third kappa shape index (κ3) is 2.84. The third-order valence-electron chi connectivity index (χ3n) is 2.34. The molecule has 0 bridgehead atoms. The Hall–Kier alpha value is -1.95. The molecule has 2 rings (SSSR count). The van der Waals surface area contributed by atoms with Crippen LogP contribution in [0, 0.1) is 6.92 Å². The van der Waals surface area contributed by atoms with E-state index < -0.39 is 0 Å². The van der Waals surface area contributed by atoms with Gasteiger partial charge in [-0.1, -0.05) is 15.9 Å². The minimum atomic E-state index is -0.313. The molecule has 0 radical (unpaired) electrons. The van der Waals surface area contributed by atoms with E-state index in [1.807, 2.05) is 13.0 Å². The van der Waals surface area contributed by atoms with Crippen LogP contribution in [-0.2, 0) is 0 Å². The molecule has 1 aromatic heterocycles. The Balaban J connectivity index is 2.19. The van der Waals surface area contributed by atoms with Crippen molar-refractivity contribution in [2.24, 2.45) is 0 Å². The number of H-pyrrole nitrogens is 1. The number of halogens is 1. The zero-order chi connectivity index (χ0) is 13.1. The lowest BCUT2D eigenvalue weighted by Crippen LogP contribution is -2.15. The Labute approximate surface area is 111 Å². The lowest BCUT2D eigenvalue weighted by Gasteiger charge is -2.05. The van der Waals surface area contributed by atoms with Crippen molar-refractivity contribution < 1.29 is 4.79 Å². The molecule has 0 saturated carbocycles. The van der Waals surface area contributed by atoms with Crippen LogP contribution in [0.25, 0.3) is 0 Å². The number of aryl methyl sites for hydroxylation is 1. The molecule has 0 aliphatic rings. The van der Waals surface area contributed by atoms with Gasteiger partial charge in [-0.25, -0.2) is 5.10 Å². The Kier molecular flexibility index (Phi) is 3.57. The van der Waals surface area contributed by atoms with Crippen LogP contribution in [0.2, 0.25) is 0 Å². The number of rotatable bonds is 2. The van der Waals surface area contributed by atoms with Gasteiger partial charge in [0.15, 0.2) is 5.82 Å². The van der Waals surface area contributed by atoms with Crippen molar-refractivity contribution in [3.8, 4) is 0 Å². The van der Waals surface area contributed by atoms with Crippen LogP contribution in [-0.4, -0.2) is 16.1 Å². The predicted octanol–water partition coefficient (Wildman–Crippen LogP) is 2.09. The quantitative estimate of drug-likeness (QED) is 0.892. The Morgan fingerprint density at radius 1 is 1.33 bits per heavy atom. The molecule has 1 amide bonds. The van der Waals surface area contributed by atoms with Gasteiger partial charge in [0.1, 0.15) is 0 Å². The molecule has 0 saturated heterocycles. The van der Waals surface area contributed by atoms with Gasteiger partial charge in [-0.2, -0.15) is 5.10 Å². The van der Waals surface area contributed by atoms with Crippen LogP contribution in [0.15, 0.2) is 39.6 Å². The van der Waals surface area contributed by atoms with Gasteiger partial charge in [0.05, 0.1) is 0 Å². The van der Waals surface area contributed by atoms with E-state index in [2.05, 4.69) is 31.4 Å². The van der Waals surface area contributed by atoms with Crippen LogP contribution >= 0.6 is 15.9 Å². The number of aromatic nitrogens is 2. The van der Waals surface area contributed by atoms with Crippen molar-refractivity contribution in [1.29, 1.82) is 0 Å². The lowest BCUT2D eigenvalue weighted by molar-refractivity contribution is 0.102. The predicted molar refractivity (Wildman–Crippen MR) is 71.7 cm³/mol. The third-order valence-corrected chi connectivity index (χ3v) is 3.23. The first-order chi connectivity index (χ1) is 8.56. The fourth-order valence-corrected chi connectivity index (χ4v) is 1.64. The van der Waals surface area contributed by atoms with Crippen LogP contribution in [0.1, 0.15) is 15.9 Å². The molecule has 0 atom stereocenters. The monoisotopic (exact) mass is 307 g/mol. The smallest absolute Gasteiger partial charge is 0.264 e. The molecule has 0 aliphatic heterocycles. The number of amides is 1. The van der Waals surface area contributed by atoms with E-state index in [1.165, 1.54) is 12.1 Å². The van der Waals surface area contributed by atoms with Gasteiger partial charge in [0.25, 0.3) is 11.5 Å². The van der Waals surface area contributed by atoms with Gasteiger partial charge >= 0.3 is 0 Å². The van der Waals surface area contributed by atoms with Crippen molar-refractivity contribution in [3.05, 3.63) is 56.3 Å². The van der Waals surface area contributed by atoms with E-state index in [1.54, 1.807) is 12.1 Å². The number of hydrogen-bond donors (Lipinski definition) is 2. The number of nitrogens with zero attached hydrogens (tertiary/aromatic N) is 1. The molecule has 2 N–H and O–H groups in total. The van der Waals surface area contributed by atoms with Crippen molar-refractivity contribution in [2.75, 3.05) is 5.32 Å². The highest BCUT2D eigenvalue weighted by Crippen LogP contribution is 2.17. The Morgan fingerprint density at radius 2 is 2.11 bits per heavy atom. The number of aromatic amines is 1. The molecule has 18 heavy (non-hydrogen) atoms. The van der Waals surface area contributed by atoms with Crippen LogP contribution < -0.4 is 10.9 Å². The van der Waals surface area contributed by atoms with Crippen LogP contribution in [0.3, 0.4) is 0 Å². The first-order valence-corrected chi connectivity index (χ1v) is 5.99. The summed E-state index contributed by atoms with van der Waals surface area (Å²) in [4.78, 5) is 22.7. The lowest BCUT2D eigenvalue weighted by atomic mass is 10.1. The average molecular weight is 308 g/mol. The molecular formula is C12H10BrN3O2. The molecule has 1 heterocycles. The molecule has 6 heteroatoms. The highest BCUT2D eigenvalue weighted by Gasteiger charge is 2.08. The number of anilines is 1. The van der Waals surface area contributed by atoms with Gasteiger partial charge < -0.3 is 5.32 Å². The normalized spacial score (nSPS) is 10.1. The summed E-state index contributed by atoms with van der Waals surface area (Å²) in [5.41, 5.74) is 1.19. The summed E-state index contributed by atoms with van der Waals surface area (Å²) in [6, 6.07) is 8.03. The molecule has 0 unspecified atom stereocenters. The summed E-state index contributed by atoms with van der Waals surface area (Å²) in [6.07, 6.45) is 0. The molecule has 5 nitrogen and oxygen atoms in total. The standard InChI is InChI=1S/C12H10BrN3O2/c1-7-6-8(2-3-9(7)13)12(18)14-10-4-5-11(17)16-15-10/h2-6H,1H3,(H,16,17)(H,14,15,18). The second-order valence-electron chi connectivity index (χ2n) is 3.72. The molecule has 0 spiro atoms. The highest BCUT2D eigenvalue weighted by molar-refractivity contribution is 9.10. The second-order valence-corrected chi connectivity index (χ2v) is 4.58. The molecule has 0 aliphatic carbocycles. The zero-order valence-corrected chi connectivity index (χ0v) is 11.1. The van der Waals surface area contributed by atoms with Crippen LogP contribution in [0.4, 0.5) is 5.82 Å². The molecule has 1 aromatic carbocycles. The molecule has 0 fully saturated rings. The maximum Gasteiger partial charge on any atom is 0.264 e. The first kappa shape index (κ1) is 12.5. The van der Waals surface area contributed by atoms with Crippen LogP contribution in [0.5, 0.6) is 0 Å². The van der Waals surface area contributed by atoms with E-state index in [4.69, 9.17) is 0 Å². The minimum Gasteiger partial charge on any atom is -0.305 e. The van der Waals surface area contributed by atoms with E-state index in [0.717, 1.165) is 10.0 Å². The summed E-state index contributed by atoms with van der Waals surface area (Å²) in [7, 11) is 0. The summed E-state index contributed by atoms with van der Waals surface area (Å²) in [6.45, 7) is 1.90. The summed E-state index contributed by atoms with van der Waals surface area (Å²) >= 11 is 3.37. The summed E-state index contributed by atoms with van der Waals surface area (Å²) < 4.78 is 0.946. The Morgan fingerprint density at radius 3 is 2.72 bits per heavy atom. The van der Waals surface area contributed by atoms with Gasteiger partial charge in [-0.15, -0.1) is 0 Å². The second kappa shape index (κ2) is 5.14. The van der Waals surface area contributed by atoms with E-state index in [9.17, 15) is 9.59 Å². The number of hydrogen-bond acceptors (Lipinski definition) is 3. The van der Waals surface area contributed by atoms with Crippen molar-refractivity contribution >= 4 is 27.7 Å². The maximum atomic E-state index is 11.9. The van der Waals surface area contributed by atoms with E-state index in [0.29, 0.717) is 11.4 Å². The van der Waals surface area contributed by atoms with Gasteiger partial charge in [0.2, 0.25) is 0 Å². The number of carbonyl (C=O) groups is 1. The van der Waals surface area contributed by atoms with Gasteiger partial charge in [-0.05, 0) is 36.8 Å². The maximum absolute atomic E-state index is 11.9. The topological polar surface area (TPSA) is 74.8 Å². The molecule has 92 valence electrons. The zero-order valence-electron chi connectivity index (χ0n) is 9.53. The average Bonchev–Trinajstić information content (AvgIpc) is 2.35. The van der Waals surface area contributed by atoms with E-state index >= 15 is 0 Å².